The van der Waals surface area contributed by atoms with Crippen LogP contribution in [0.5, 0.6) is 0 Å². The predicted octanol–water partition coefficient (Wildman–Crippen LogP) is 3.35. The number of carbonyl (C=O) groups is 2. The Morgan fingerprint density at radius 1 is 1.18 bits per heavy atom. The largest absolute Gasteiger partial charge is 0.383 e. The molecule has 0 saturated carbocycles. The first-order valence-electron chi connectivity index (χ1n) is 10.7. The van der Waals surface area contributed by atoms with Crippen LogP contribution < -0.4 is 16.8 Å². The van der Waals surface area contributed by atoms with Gasteiger partial charge >= 0.3 is 0 Å². The van der Waals surface area contributed by atoms with E-state index < -0.39 is 5.91 Å². The highest BCUT2D eigenvalue weighted by Crippen LogP contribution is 2.29. The van der Waals surface area contributed by atoms with Crippen LogP contribution in [0.3, 0.4) is 0 Å². The van der Waals surface area contributed by atoms with E-state index in [9.17, 15) is 9.59 Å². The Bertz CT molecular complexity index is 1350. The summed E-state index contributed by atoms with van der Waals surface area (Å²) < 4.78 is 6.82. The van der Waals surface area contributed by atoms with Crippen molar-refractivity contribution in [3.8, 4) is 22.5 Å². The molecule has 0 aliphatic rings. The van der Waals surface area contributed by atoms with E-state index in [0.717, 1.165) is 16.7 Å². The third-order valence-electron chi connectivity index (χ3n) is 5.36. The average Bonchev–Trinajstić information content (AvgIpc) is 3.39. The fraction of sp³-hybridized carbons (Fsp3) is 0.208. The van der Waals surface area contributed by atoms with Gasteiger partial charge in [0.15, 0.2) is 0 Å². The van der Waals surface area contributed by atoms with E-state index >= 15 is 0 Å². The van der Waals surface area contributed by atoms with Gasteiger partial charge in [0.2, 0.25) is 11.8 Å². The highest BCUT2D eigenvalue weighted by Gasteiger charge is 2.22. The zero-order valence-corrected chi connectivity index (χ0v) is 19.1. The number of rotatable bonds is 7. The Hall–Kier alpha value is -4.47. The summed E-state index contributed by atoms with van der Waals surface area (Å²) in [4.78, 5) is 28.6. The Morgan fingerprint density at radius 2 is 1.91 bits per heavy atom. The number of aromatic nitrogens is 4. The quantitative estimate of drug-likeness (QED) is 0.383. The van der Waals surface area contributed by atoms with Crippen molar-refractivity contribution in [2.24, 2.45) is 5.73 Å². The molecule has 0 bridgehead atoms. The summed E-state index contributed by atoms with van der Waals surface area (Å²) in [6, 6.07) is 10.6. The fourth-order valence-corrected chi connectivity index (χ4v) is 3.63. The van der Waals surface area contributed by atoms with Crippen LogP contribution in [-0.2, 0) is 11.2 Å². The lowest BCUT2D eigenvalue weighted by atomic mass is 10.0. The maximum Gasteiger partial charge on any atom is 0.254 e. The van der Waals surface area contributed by atoms with Crippen LogP contribution in [0.4, 0.5) is 11.7 Å². The second-order valence-electron chi connectivity index (χ2n) is 8.20. The summed E-state index contributed by atoms with van der Waals surface area (Å²) in [5, 5.41) is 11.2. The summed E-state index contributed by atoms with van der Waals surface area (Å²) in [7, 11) is 0. The second kappa shape index (κ2) is 9.18. The van der Waals surface area contributed by atoms with Crippen molar-refractivity contribution in [1.82, 2.24) is 19.9 Å². The van der Waals surface area contributed by atoms with Gasteiger partial charge in [-0.05, 0) is 38.0 Å². The third kappa shape index (κ3) is 4.51. The van der Waals surface area contributed by atoms with Gasteiger partial charge in [-0.1, -0.05) is 29.4 Å². The smallest absolute Gasteiger partial charge is 0.254 e. The van der Waals surface area contributed by atoms with Gasteiger partial charge in [-0.2, -0.15) is 5.10 Å². The molecule has 0 radical (unpaired) electrons. The Labute approximate surface area is 196 Å². The summed E-state index contributed by atoms with van der Waals surface area (Å²) in [5.74, 6) is -0.421. The normalized spacial score (nSPS) is 11.1. The molecule has 0 spiro atoms. The minimum atomic E-state index is -0.643. The maximum absolute atomic E-state index is 12.5. The van der Waals surface area contributed by atoms with Crippen LogP contribution in [-0.4, -0.2) is 31.7 Å². The number of carbonyl (C=O) groups excluding carboxylic acids is 2. The highest BCUT2D eigenvalue weighted by molar-refractivity contribution is 6.03. The molecular weight excluding hydrogens is 434 g/mol. The standard InChI is InChI=1S/C24H25N7O3/c1-13(2)31-23(25)21(24(26)33)22(29-31)16-6-4-15(5-7-16)10-19(32)28-20-11-18(30-34-20)17-12-27-9-8-14(17)3/h4-9,11-13H,10,25H2,1-3H3,(H2,26,33)(H,28,32). The molecule has 34 heavy (non-hydrogen) atoms. The number of amides is 2. The topological polar surface area (TPSA) is 155 Å². The number of primary amides is 1. The van der Waals surface area contributed by atoms with E-state index in [-0.39, 0.29) is 35.6 Å². The molecule has 0 saturated heterocycles. The number of nitrogens with zero attached hydrogens (tertiary/aromatic N) is 4. The van der Waals surface area contributed by atoms with Crippen molar-refractivity contribution < 1.29 is 14.1 Å². The summed E-state index contributed by atoms with van der Waals surface area (Å²) >= 11 is 0. The molecule has 5 N–H and O–H groups in total. The molecule has 4 aromatic rings. The van der Waals surface area contributed by atoms with Crippen LogP contribution in [0, 0.1) is 6.92 Å². The van der Waals surface area contributed by atoms with Crippen LogP contribution >= 0.6 is 0 Å². The van der Waals surface area contributed by atoms with Gasteiger partial charge in [0.25, 0.3) is 5.91 Å². The van der Waals surface area contributed by atoms with E-state index in [1.165, 1.54) is 0 Å². The molecule has 4 rings (SSSR count). The molecule has 174 valence electrons. The monoisotopic (exact) mass is 459 g/mol. The number of nitrogens with two attached hydrogens (primary N) is 2. The van der Waals surface area contributed by atoms with Gasteiger partial charge in [0.05, 0.1) is 6.42 Å². The number of hydrogen-bond donors (Lipinski definition) is 3. The predicted molar refractivity (Wildman–Crippen MR) is 128 cm³/mol. The Morgan fingerprint density at radius 3 is 2.56 bits per heavy atom. The van der Waals surface area contributed by atoms with Gasteiger partial charge in [-0.15, -0.1) is 0 Å². The SMILES string of the molecule is Cc1ccncc1-c1cc(NC(=O)Cc2ccc(-c3nn(C(C)C)c(N)c3C(N)=O)cc2)on1. The summed E-state index contributed by atoms with van der Waals surface area (Å²) in [5.41, 5.74) is 16.1. The first kappa shape index (κ1) is 22.7. The highest BCUT2D eigenvalue weighted by atomic mass is 16.5. The second-order valence-corrected chi connectivity index (χ2v) is 8.20. The first-order valence-corrected chi connectivity index (χ1v) is 10.7. The van der Waals surface area contributed by atoms with E-state index in [4.69, 9.17) is 16.0 Å². The lowest BCUT2D eigenvalue weighted by molar-refractivity contribution is -0.115. The molecular formula is C24H25N7O3. The summed E-state index contributed by atoms with van der Waals surface area (Å²) in [6.07, 6.45) is 3.52. The number of aryl methyl sites for hydroxylation is 1. The Kier molecular flexibility index (Phi) is 6.13. The number of nitrogens with one attached hydrogen (secondary N) is 1. The van der Waals surface area contributed by atoms with Crippen LogP contribution in [0.1, 0.15) is 41.4 Å². The molecule has 0 unspecified atom stereocenters. The lowest BCUT2D eigenvalue weighted by Gasteiger charge is -2.07. The molecule has 0 aliphatic heterocycles. The third-order valence-corrected chi connectivity index (χ3v) is 5.36. The minimum Gasteiger partial charge on any atom is -0.383 e. The van der Waals surface area contributed by atoms with Crippen molar-refractivity contribution >= 4 is 23.5 Å². The van der Waals surface area contributed by atoms with Crippen molar-refractivity contribution in [2.45, 2.75) is 33.2 Å². The van der Waals surface area contributed by atoms with E-state index in [1.807, 2.05) is 26.8 Å². The average molecular weight is 460 g/mol. The first-order chi connectivity index (χ1) is 16.2. The molecule has 0 atom stereocenters. The van der Waals surface area contributed by atoms with E-state index in [1.54, 1.807) is 47.4 Å². The zero-order valence-electron chi connectivity index (χ0n) is 19.1. The van der Waals surface area contributed by atoms with Crippen LogP contribution in [0.2, 0.25) is 0 Å². The van der Waals surface area contributed by atoms with Gasteiger partial charge in [0.1, 0.15) is 22.8 Å². The number of benzene rings is 1. The van der Waals surface area contributed by atoms with E-state index in [2.05, 4.69) is 20.6 Å². The molecule has 0 fully saturated rings. The van der Waals surface area contributed by atoms with Crippen LogP contribution in [0.15, 0.2) is 53.3 Å². The van der Waals surface area contributed by atoms with Crippen molar-refractivity contribution in [3.05, 3.63) is 65.5 Å². The molecule has 0 aliphatic carbocycles. The molecule has 10 nitrogen and oxygen atoms in total. The molecule has 2 amide bonds. The van der Waals surface area contributed by atoms with Gasteiger partial charge in [-0.3, -0.25) is 19.9 Å². The van der Waals surface area contributed by atoms with Gasteiger partial charge in [0, 0.05) is 35.6 Å². The number of hydrogen-bond acceptors (Lipinski definition) is 7. The fourth-order valence-electron chi connectivity index (χ4n) is 3.63. The summed E-state index contributed by atoms with van der Waals surface area (Å²) in [6.45, 7) is 5.77. The van der Waals surface area contributed by atoms with Crippen molar-refractivity contribution in [2.75, 3.05) is 11.1 Å². The molecule has 3 heterocycles. The Balaban J connectivity index is 1.47. The van der Waals surface area contributed by atoms with Gasteiger partial charge in [-0.25, -0.2) is 4.68 Å². The van der Waals surface area contributed by atoms with Gasteiger partial charge < -0.3 is 16.0 Å². The number of nitrogen functional groups attached to an aromatic ring is 1. The van der Waals surface area contributed by atoms with Crippen molar-refractivity contribution in [1.29, 1.82) is 0 Å². The zero-order chi connectivity index (χ0) is 24.4. The minimum absolute atomic E-state index is 0.0338. The number of anilines is 2. The molecule has 1 aromatic carbocycles. The van der Waals surface area contributed by atoms with Crippen molar-refractivity contribution in [3.63, 3.8) is 0 Å². The lowest BCUT2D eigenvalue weighted by Crippen LogP contribution is -2.15. The van der Waals surface area contributed by atoms with E-state index in [0.29, 0.717) is 17.0 Å². The molecule has 10 heteroatoms. The molecule has 3 aromatic heterocycles. The van der Waals surface area contributed by atoms with Crippen LogP contribution in [0.25, 0.3) is 22.5 Å². The maximum atomic E-state index is 12.5. The number of pyridine rings is 1.